The Morgan fingerprint density at radius 3 is 2.64 bits per heavy atom. The first-order chi connectivity index (χ1) is 6.74. The monoisotopic (exact) mass is 195 g/mol. The topological polar surface area (TPSA) is 26.0 Å². The summed E-state index contributed by atoms with van der Waals surface area (Å²) in [4.78, 5) is 0. The van der Waals surface area contributed by atoms with Gasteiger partial charge in [-0.3, -0.25) is 0 Å². The summed E-state index contributed by atoms with van der Waals surface area (Å²) in [7, 11) is 0. The van der Waals surface area contributed by atoms with Crippen LogP contribution in [0.5, 0.6) is 0 Å². The van der Waals surface area contributed by atoms with E-state index in [1.165, 1.54) is 57.8 Å². The van der Waals surface area contributed by atoms with Crippen LogP contribution in [0.3, 0.4) is 0 Å². The Kier molecular flexibility index (Phi) is 3.16. The first-order valence-corrected chi connectivity index (χ1v) is 6.53. The molecule has 0 radical (unpaired) electrons. The van der Waals surface area contributed by atoms with Gasteiger partial charge in [0.15, 0.2) is 0 Å². The minimum atomic E-state index is 0.261. The molecule has 0 aromatic heterocycles. The van der Waals surface area contributed by atoms with E-state index in [0.717, 1.165) is 11.8 Å². The number of hydrogen-bond acceptors (Lipinski definition) is 1. The van der Waals surface area contributed by atoms with Crippen molar-refractivity contribution in [3.05, 3.63) is 0 Å². The molecule has 0 spiro atoms. The molecule has 2 saturated carbocycles. The molecular weight excluding hydrogens is 170 g/mol. The minimum Gasteiger partial charge on any atom is -0.325 e. The molecule has 0 heterocycles. The Morgan fingerprint density at radius 2 is 2.07 bits per heavy atom. The van der Waals surface area contributed by atoms with Crippen LogP contribution in [0, 0.1) is 11.8 Å². The molecule has 3 atom stereocenters. The highest BCUT2D eigenvalue weighted by Gasteiger charge is 2.47. The third-order valence-electron chi connectivity index (χ3n) is 4.52. The van der Waals surface area contributed by atoms with Crippen LogP contribution in [-0.4, -0.2) is 5.54 Å². The molecule has 2 fully saturated rings. The fourth-order valence-electron chi connectivity index (χ4n) is 3.67. The highest BCUT2D eigenvalue weighted by Crippen LogP contribution is 2.51. The number of rotatable bonds is 5. The van der Waals surface area contributed by atoms with Crippen molar-refractivity contribution in [3.63, 3.8) is 0 Å². The van der Waals surface area contributed by atoms with Crippen LogP contribution in [0.1, 0.15) is 64.7 Å². The summed E-state index contributed by atoms with van der Waals surface area (Å²) in [5.74, 6) is 1.88. The molecule has 0 aromatic rings. The van der Waals surface area contributed by atoms with Gasteiger partial charge in [0, 0.05) is 5.54 Å². The van der Waals surface area contributed by atoms with E-state index in [0.29, 0.717) is 0 Å². The largest absolute Gasteiger partial charge is 0.325 e. The molecule has 0 aliphatic heterocycles. The van der Waals surface area contributed by atoms with E-state index in [-0.39, 0.29) is 5.54 Å². The van der Waals surface area contributed by atoms with E-state index in [2.05, 4.69) is 6.92 Å². The van der Waals surface area contributed by atoms with Gasteiger partial charge in [-0.05, 0) is 37.5 Å². The molecular formula is C13H25N. The van der Waals surface area contributed by atoms with Gasteiger partial charge >= 0.3 is 0 Å². The van der Waals surface area contributed by atoms with Crippen molar-refractivity contribution in [2.24, 2.45) is 17.6 Å². The molecule has 0 aromatic carbocycles. The van der Waals surface area contributed by atoms with E-state index in [9.17, 15) is 0 Å². The van der Waals surface area contributed by atoms with Gasteiger partial charge in [0.05, 0.1) is 0 Å². The highest BCUT2D eigenvalue weighted by atomic mass is 14.8. The van der Waals surface area contributed by atoms with Crippen LogP contribution in [0.2, 0.25) is 0 Å². The summed E-state index contributed by atoms with van der Waals surface area (Å²) in [6.07, 6.45) is 12.5. The Bertz CT molecular complexity index is 190. The first-order valence-electron chi connectivity index (χ1n) is 6.53. The van der Waals surface area contributed by atoms with Gasteiger partial charge in [0.2, 0.25) is 0 Å². The van der Waals surface area contributed by atoms with Crippen LogP contribution >= 0.6 is 0 Å². The fraction of sp³-hybridized carbons (Fsp3) is 1.00. The van der Waals surface area contributed by atoms with Gasteiger partial charge in [-0.15, -0.1) is 0 Å². The lowest BCUT2D eigenvalue weighted by Gasteiger charge is -2.34. The molecule has 82 valence electrons. The van der Waals surface area contributed by atoms with E-state index in [4.69, 9.17) is 5.73 Å². The summed E-state index contributed by atoms with van der Waals surface area (Å²) in [6, 6.07) is 0. The predicted molar refractivity (Wildman–Crippen MR) is 61.1 cm³/mol. The maximum Gasteiger partial charge on any atom is 0.0185 e. The predicted octanol–water partition coefficient (Wildman–Crippen LogP) is 3.47. The molecule has 2 N–H and O–H groups in total. The van der Waals surface area contributed by atoms with Crippen molar-refractivity contribution in [1.29, 1.82) is 0 Å². The zero-order valence-electron chi connectivity index (χ0n) is 9.60. The standard InChI is InChI=1S/C13H25N/c1-2-3-4-5-8-13(14)10-11-6-7-12(13)9-11/h11-12H,2-10,14H2,1H3. The van der Waals surface area contributed by atoms with Gasteiger partial charge in [-0.2, -0.15) is 0 Å². The zero-order valence-corrected chi connectivity index (χ0v) is 9.60. The Labute approximate surface area is 88.4 Å². The molecule has 0 saturated heterocycles. The number of nitrogens with two attached hydrogens (primary N) is 1. The van der Waals surface area contributed by atoms with Crippen LogP contribution in [0.4, 0.5) is 0 Å². The summed E-state index contributed by atoms with van der Waals surface area (Å²) in [5, 5.41) is 0. The van der Waals surface area contributed by atoms with Crippen molar-refractivity contribution in [2.75, 3.05) is 0 Å². The third-order valence-corrected chi connectivity index (χ3v) is 4.52. The molecule has 14 heavy (non-hydrogen) atoms. The summed E-state index contributed by atoms with van der Waals surface area (Å²) in [5.41, 5.74) is 6.79. The van der Waals surface area contributed by atoms with Crippen LogP contribution in [-0.2, 0) is 0 Å². The van der Waals surface area contributed by atoms with Crippen LogP contribution in [0.15, 0.2) is 0 Å². The fourth-order valence-corrected chi connectivity index (χ4v) is 3.67. The van der Waals surface area contributed by atoms with E-state index in [1.807, 2.05) is 0 Å². The normalized spacial score (nSPS) is 40.7. The molecule has 2 bridgehead atoms. The Morgan fingerprint density at radius 1 is 1.21 bits per heavy atom. The van der Waals surface area contributed by atoms with Crippen LogP contribution < -0.4 is 5.73 Å². The van der Waals surface area contributed by atoms with Crippen LogP contribution in [0.25, 0.3) is 0 Å². The number of fused-ring (bicyclic) bond motifs is 2. The quantitative estimate of drug-likeness (QED) is 0.668. The summed E-state index contributed by atoms with van der Waals surface area (Å²) < 4.78 is 0. The third kappa shape index (κ3) is 1.98. The van der Waals surface area contributed by atoms with Gasteiger partial charge in [0.25, 0.3) is 0 Å². The van der Waals surface area contributed by atoms with Gasteiger partial charge in [-0.1, -0.05) is 39.0 Å². The van der Waals surface area contributed by atoms with E-state index < -0.39 is 0 Å². The second-order valence-corrected chi connectivity index (χ2v) is 5.62. The average molecular weight is 195 g/mol. The smallest absolute Gasteiger partial charge is 0.0185 e. The van der Waals surface area contributed by atoms with Crippen molar-refractivity contribution in [3.8, 4) is 0 Å². The maximum absolute atomic E-state index is 6.53. The first kappa shape index (κ1) is 10.5. The van der Waals surface area contributed by atoms with Gasteiger partial charge in [0.1, 0.15) is 0 Å². The minimum absolute atomic E-state index is 0.261. The Hall–Kier alpha value is -0.0400. The van der Waals surface area contributed by atoms with Crippen molar-refractivity contribution >= 4 is 0 Å². The summed E-state index contributed by atoms with van der Waals surface area (Å²) >= 11 is 0. The lowest BCUT2D eigenvalue weighted by molar-refractivity contribution is 0.246. The summed E-state index contributed by atoms with van der Waals surface area (Å²) in [6.45, 7) is 2.27. The molecule has 0 amide bonds. The zero-order chi connectivity index (χ0) is 10.0. The van der Waals surface area contributed by atoms with Crippen molar-refractivity contribution in [1.82, 2.24) is 0 Å². The van der Waals surface area contributed by atoms with Gasteiger partial charge in [-0.25, -0.2) is 0 Å². The van der Waals surface area contributed by atoms with Crippen molar-refractivity contribution < 1.29 is 0 Å². The second-order valence-electron chi connectivity index (χ2n) is 5.62. The van der Waals surface area contributed by atoms with Crippen molar-refractivity contribution in [2.45, 2.75) is 70.3 Å². The lowest BCUT2D eigenvalue weighted by Crippen LogP contribution is -2.44. The molecule has 1 heteroatoms. The average Bonchev–Trinajstić information content (AvgIpc) is 2.72. The Balaban J connectivity index is 1.74. The maximum atomic E-state index is 6.53. The van der Waals surface area contributed by atoms with E-state index >= 15 is 0 Å². The number of unbranched alkanes of at least 4 members (excludes halogenated alkanes) is 3. The number of hydrogen-bond donors (Lipinski definition) is 1. The molecule has 2 aliphatic carbocycles. The molecule has 2 rings (SSSR count). The SMILES string of the molecule is CCCCCCC1(N)CC2CCC1C2. The molecule has 2 aliphatic rings. The molecule has 3 unspecified atom stereocenters. The van der Waals surface area contributed by atoms with E-state index in [1.54, 1.807) is 0 Å². The second kappa shape index (κ2) is 4.22. The molecule has 1 nitrogen and oxygen atoms in total. The lowest BCUT2D eigenvalue weighted by atomic mass is 9.78. The van der Waals surface area contributed by atoms with Gasteiger partial charge < -0.3 is 5.73 Å². The highest BCUT2D eigenvalue weighted by molar-refractivity contribution is 5.03.